The molecule has 1 amide bonds. The summed E-state index contributed by atoms with van der Waals surface area (Å²) >= 11 is 0. The second kappa shape index (κ2) is 7.31. The van der Waals surface area contributed by atoms with Gasteiger partial charge in [0.25, 0.3) is 0 Å². The van der Waals surface area contributed by atoms with Gasteiger partial charge in [-0.15, -0.1) is 0 Å². The molecule has 5 heteroatoms. The molecule has 21 heavy (non-hydrogen) atoms. The number of nitrogen functional groups attached to an aromatic ring is 1. The molecule has 0 bridgehead atoms. The molecule has 0 spiro atoms. The third-order valence-corrected chi connectivity index (χ3v) is 4.06. The quantitative estimate of drug-likeness (QED) is 0.839. The summed E-state index contributed by atoms with van der Waals surface area (Å²) in [6.07, 6.45) is 1.50. The molecule has 1 fully saturated rings. The van der Waals surface area contributed by atoms with Crippen molar-refractivity contribution in [1.29, 1.82) is 0 Å². The Morgan fingerprint density at radius 1 is 1.24 bits per heavy atom. The first-order chi connectivity index (χ1) is 10.1. The van der Waals surface area contributed by atoms with Gasteiger partial charge >= 0.3 is 0 Å². The second-order valence-corrected chi connectivity index (χ2v) is 5.54. The summed E-state index contributed by atoms with van der Waals surface area (Å²) in [5.41, 5.74) is 7.65. The fourth-order valence-electron chi connectivity index (χ4n) is 2.50. The molecule has 1 atom stereocenters. The zero-order valence-electron chi connectivity index (χ0n) is 12.9. The zero-order chi connectivity index (χ0) is 15.2. The number of ether oxygens (including phenoxy) is 1. The van der Waals surface area contributed by atoms with E-state index in [2.05, 4.69) is 4.90 Å². The van der Waals surface area contributed by atoms with Crippen molar-refractivity contribution in [3.63, 3.8) is 0 Å². The van der Waals surface area contributed by atoms with Crippen LogP contribution in [0, 0.1) is 0 Å². The fraction of sp³-hybridized carbons (Fsp3) is 0.562. The Morgan fingerprint density at radius 3 is 2.43 bits per heavy atom. The van der Waals surface area contributed by atoms with Crippen molar-refractivity contribution >= 4 is 17.3 Å². The zero-order valence-corrected chi connectivity index (χ0v) is 12.9. The van der Waals surface area contributed by atoms with Crippen molar-refractivity contribution in [3.05, 3.63) is 24.3 Å². The summed E-state index contributed by atoms with van der Waals surface area (Å²) in [6, 6.07) is 7.90. The molecule has 116 valence electrons. The largest absolute Gasteiger partial charge is 0.399 e. The smallest absolute Gasteiger partial charge is 0.222 e. The third kappa shape index (κ3) is 4.36. The van der Waals surface area contributed by atoms with Crippen LogP contribution in [-0.2, 0) is 9.53 Å². The maximum Gasteiger partial charge on any atom is 0.222 e. The minimum Gasteiger partial charge on any atom is -0.399 e. The van der Waals surface area contributed by atoms with E-state index < -0.39 is 0 Å². The molecule has 1 aliphatic rings. The number of carbonyl (C=O) groups is 1. The molecule has 0 aromatic heterocycles. The van der Waals surface area contributed by atoms with Crippen molar-refractivity contribution < 1.29 is 9.53 Å². The highest BCUT2D eigenvalue weighted by molar-refractivity contribution is 5.76. The molecule has 0 aliphatic carbocycles. The fourth-order valence-corrected chi connectivity index (χ4v) is 2.50. The van der Waals surface area contributed by atoms with Crippen molar-refractivity contribution in [2.45, 2.75) is 25.9 Å². The van der Waals surface area contributed by atoms with Gasteiger partial charge in [0.1, 0.15) is 0 Å². The Balaban J connectivity index is 1.80. The Labute approximate surface area is 126 Å². The molecule has 1 aliphatic heterocycles. The van der Waals surface area contributed by atoms with Gasteiger partial charge in [-0.1, -0.05) is 0 Å². The Hall–Kier alpha value is -1.75. The standard InChI is InChI=1S/C16H25N3O2/c1-13(21-2)3-8-16(20)19-11-9-18(10-12-19)15-6-4-14(17)5-7-15/h4-7,13H,3,8-12,17H2,1-2H3. The van der Waals surface area contributed by atoms with Crippen LogP contribution in [-0.4, -0.2) is 50.2 Å². The summed E-state index contributed by atoms with van der Waals surface area (Å²) in [6.45, 7) is 5.30. The van der Waals surface area contributed by atoms with E-state index in [9.17, 15) is 4.79 Å². The lowest BCUT2D eigenvalue weighted by atomic mass is 10.2. The van der Waals surface area contributed by atoms with Crippen LogP contribution in [0.2, 0.25) is 0 Å². The van der Waals surface area contributed by atoms with Gasteiger partial charge in [0.15, 0.2) is 0 Å². The lowest BCUT2D eigenvalue weighted by Gasteiger charge is -2.36. The van der Waals surface area contributed by atoms with Crippen LogP contribution in [0.4, 0.5) is 11.4 Å². The number of rotatable bonds is 5. The summed E-state index contributed by atoms with van der Waals surface area (Å²) < 4.78 is 5.18. The molecule has 2 N–H and O–H groups in total. The minimum atomic E-state index is 0.144. The van der Waals surface area contributed by atoms with E-state index in [4.69, 9.17) is 10.5 Å². The van der Waals surface area contributed by atoms with Gasteiger partial charge in [-0.3, -0.25) is 4.79 Å². The van der Waals surface area contributed by atoms with Gasteiger partial charge in [-0.25, -0.2) is 0 Å². The van der Waals surface area contributed by atoms with Gasteiger partial charge in [-0.2, -0.15) is 0 Å². The van der Waals surface area contributed by atoms with E-state index in [0.29, 0.717) is 6.42 Å². The Kier molecular flexibility index (Phi) is 5.44. The average molecular weight is 291 g/mol. The first kappa shape index (κ1) is 15.6. The first-order valence-corrected chi connectivity index (χ1v) is 7.51. The maximum absolute atomic E-state index is 12.1. The lowest BCUT2D eigenvalue weighted by molar-refractivity contribution is -0.132. The summed E-state index contributed by atoms with van der Waals surface area (Å²) in [7, 11) is 1.68. The summed E-state index contributed by atoms with van der Waals surface area (Å²) in [5, 5.41) is 0. The van der Waals surface area contributed by atoms with Crippen LogP contribution in [0.3, 0.4) is 0 Å². The van der Waals surface area contributed by atoms with E-state index in [0.717, 1.165) is 38.3 Å². The van der Waals surface area contributed by atoms with Gasteiger partial charge < -0.3 is 20.3 Å². The van der Waals surface area contributed by atoms with Crippen LogP contribution in [0.5, 0.6) is 0 Å². The summed E-state index contributed by atoms with van der Waals surface area (Å²) in [4.78, 5) is 16.4. The van der Waals surface area contributed by atoms with Crippen LogP contribution >= 0.6 is 0 Å². The monoisotopic (exact) mass is 291 g/mol. The number of carbonyl (C=O) groups excluding carboxylic acids is 1. The third-order valence-electron chi connectivity index (χ3n) is 4.06. The molecular weight excluding hydrogens is 266 g/mol. The maximum atomic E-state index is 12.1. The number of hydrogen-bond acceptors (Lipinski definition) is 4. The minimum absolute atomic E-state index is 0.144. The molecular formula is C16H25N3O2. The highest BCUT2D eigenvalue weighted by atomic mass is 16.5. The van der Waals surface area contributed by atoms with E-state index in [1.54, 1.807) is 7.11 Å². The average Bonchev–Trinajstić information content (AvgIpc) is 2.53. The number of piperazine rings is 1. The molecule has 1 aromatic carbocycles. The van der Waals surface area contributed by atoms with E-state index in [-0.39, 0.29) is 12.0 Å². The number of nitrogens with zero attached hydrogens (tertiary/aromatic N) is 2. The van der Waals surface area contributed by atoms with Crippen molar-refractivity contribution in [2.75, 3.05) is 43.9 Å². The van der Waals surface area contributed by atoms with Crippen LogP contribution in [0.25, 0.3) is 0 Å². The SMILES string of the molecule is COC(C)CCC(=O)N1CCN(c2ccc(N)cc2)CC1. The molecule has 1 saturated heterocycles. The first-order valence-electron chi connectivity index (χ1n) is 7.51. The van der Waals surface area contributed by atoms with E-state index in [1.165, 1.54) is 5.69 Å². The second-order valence-electron chi connectivity index (χ2n) is 5.54. The molecule has 1 heterocycles. The predicted octanol–water partition coefficient (Wildman–Crippen LogP) is 1.73. The molecule has 1 aromatic rings. The van der Waals surface area contributed by atoms with Crippen molar-refractivity contribution in [1.82, 2.24) is 4.90 Å². The van der Waals surface area contributed by atoms with Crippen LogP contribution in [0.15, 0.2) is 24.3 Å². The van der Waals surface area contributed by atoms with E-state index in [1.807, 2.05) is 36.1 Å². The number of amides is 1. The molecule has 1 unspecified atom stereocenters. The van der Waals surface area contributed by atoms with E-state index >= 15 is 0 Å². The predicted molar refractivity (Wildman–Crippen MR) is 85.4 cm³/mol. The van der Waals surface area contributed by atoms with Gasteiger partial charge in [0, 0.05) is 51.1 Å². The number of anilines is 2. The van der Waals surface area contributed by atoms with Crippen molar-refractivity contribution in [3.8, 4) is 0 Å². The Morgan fingerprint density at radius 2 is 1.86 bits per heavy atom. The molecule has 0 saturated carbocycles. The van der Waals surface area contributed by atoms with Crippen LogP contribution in [0.1, 0.15) is 19.8 Å². The highest BCUT2D eigenvalue weighted by Crippen LogP contribution is 2.18. The number of methoxy groups -OCH3 is 1. The topological polar surface area (TPSA) is 58.8 Å². The molecule has 5 nitrogen and oxygen atoms in total. The highest BCUT2D eigenvalue weighted by Gasteiger charge is 2.21. The van der Waals surface area contributed by atoms with Gasteiger partial charge in [-0.05, 0) is 37.6 Å². The van der Waals surface area contributed by atoms with Gasteiger partial charge in [0.2, 0.25) is 5.91 Å². The molecule has 2 rings (SSSR count). The summed E-state index contributed by atoms with van der Waals surface area (Å²) in [5.74, 6) is 0.232. The number of benzene rings is 1. The van der Waals surface area contributed by atoms with Crippen LogP contribution < -0.4 is 10.6 Å². The lowest BCUT2D eigenvalue weighted by Crippen LogP contribution is -2.48. The normalized spacial score (nSPS) is 16.9. The Bertz CT molecular complexity index is 453. The van der Waals surface area contributed by atoms with Gasteiger partial charge in [0.05, 0.1) is 6.10 Å². The van der Waals surface area contributed by atoms with Crippen molar-refractivity contribution in [2.24, 2.45) is 0 Å². The molecule has 0 radical (unpaired) electrons. The number of nitrogens with two attached hydrogens (primary N) is 1. The number of hydrogen-bond donors (Lipinski definition) is 1.